The fourth-order valence-corrected chi connectivity index (χ4v) is 2.81. The van der Waals surface area contributed by atoms with Crippen molar-refractivity contribution in [3.05, 3.63) is 88.8 Å². The van der Waals surface area contributed by atoms with Gasteiger partial charge in [-0.15, -0.1) is 0 Å². The molecule has 0 unspecified atom stereocenters. The Balaban J connectivity index is 1.51. The molecule has 1 N–H and O–H groups in total. The van der Waals surface area contributed by atoms with Crippen LogP contribution in [0.3, 0.4) is 0 Å². The van der Waals surface area contributed by atoms with Crippen LogP contribution in [0, 0.1) is 17.0 Å². The molecule has 9 heteroatoms. The Hall–Kier alpha value is -4.14. The molecule has 29 heavy (non-hydrogen) atoms. The molecule has 0 saturated carbocycles. The minimum atomic E-state index is -0.432. The van der Waals surface area contributed by atoms with E-state index in [2.05, 4.69) is 25.3 Å². The van der Waals surface area contributed by atoms with Gasteiger partial charge in [0.2, 0.25) is 0 Å². The largest absolute Gasteiger partial charge is 0.366 e. The summed E-state index contributed by atoms with van der Waals surface area (Å²) in [6, 6.07) is 12.0. The summed E-state index contributed by atoms with van der Waals surface area (Å²) >= 11 is 0. The second-order valence-electron chi connectivity index (χ2n) is 6.37. The lowest BCUT2D eigenvalue weighted by Gasteiger charge is -2.09. The Kier molecular flexibility index (Phi) is 4.93. The molecule has 3 heterocycles. The summed E-state index contributed by atoms with van der Waals surface area (Å²) in [6.07, 6.45) is 7.02. The molecule has 0 fully saturated rings. The topological polar surface area (TPSA) is 112 Å². The van der Waals surface area contributed by atoms with Crippen molar-refractivity contribution in [3.63, 3.8) is 0 Å². The van der Waals surface area contributed by atoms with Crippen LogP contribution in [0.2, 0.25) is 0 Å². The molecule has 144 valence electrons. The third-order valence-electron chi connectivity index (χ3n) is 4.22. The number of non-ortho nitro benzene ring substituents is 1. The van der Waals surface area contributed by atoms with Gasteiger partial charge in [0.05, 0.1) is 4.92 Å². The van der Waals surface area contributed by atoms with Gasteiger partial charge in [-0.3, -0.25) is 14.7 Å². The molecular formula is C20H17N7O2. The summed E-state index contributed by atoms with van der Waals surface area (Å²) in [7, 11) is 0. The van der Waals surface area contributed by atoms with E-state index in [-0.39, 0.29) is 5.69 Å². The van der Waals surface area contributed by atoms with E-state index in [0.29, 0.717) is 23.8 Å². The first kappa shape index (κ1) is 18.2. The van der Waals surface area contributed by atoms with Gasteiger partial charge in [0.1, 0.15) is 18.0 Å². The van der Waals surface area contributed by atoms with Gasteiger partial charge >= 0.3 is 0 Å². The average molecular weight is 387 g/mol. The zero-order valence-corrected chi connectivity index (χ0v) is 15.6. The standard InChI is InChI=1S/C20H17N7O2/c1-14-9-18(25-20(24-14)16-3-2-4-17(10-16)27(28)29)22-11-15-5-6-19(23-12-15)26-8-7-21-13-26/h2-10,12-13H,11H2,1H3,(H,22,24,25). The number of hydrogen-bond donors (Lipinski definition) is 1. The van der Waals surface area contributed by atoms with Crippen LogP contribution in [0.25, 0.3) is 17.2 Å². The molecule has 0 atom stereocenters. The van der Waals surface area contributed by atoms with Crippen LogP contribution in [0.5, 0.6) is 0 Å². The molecule has 0 aliphatic heterocycles. The molecule has 0 spiro atoms. The number of imidazole rings is 1. The first-order valence-corrected chi connectivity index (χ1v) is 8.86. The van der Waals surface area contributed by atoms with E-state index in [0.717, 1.165) is 17.1 Å². The van der Waals surface area contributed by atoms with Crippen LogP contribution < -0.4 is 5.32 Å². The van der Waals surface area contributed by atoms with Gasteiger partial charge in [-0.25, -0.2) is 19.9 Å². The van der Waals surface area contributed by atoms with E-state index >= 15 is 0 Å². The van der Waals surface area contributed by atoms with Gasteiger partial charge in [-0.1, -0.05) is 18.2 Å². The molecule has 4 rings (SSSR count). The lowest BCUT2D eigenvalue weighted by atomic mass is 10.2. The number of nitro benzene ring substituents is 1. The number of benzene rings is 1. The van der Waals surface area contributed by atoms with Gasteiger partial charge in [-0.2, -0.15) is 0 Å². The minimum absolute atomic E-state index is 0.00571. The molecule has 0 saturated heterocycles. The Bertz CT molecular complexity index is 1140. The Labute approximate surface area is 166 Å². The smallest absolute Gasteiger partial charge is 0.270 e. The highest BCUT2D eigenvalue weighted by molar-refractivity contribution is 5.61. The van der Waals surface area contributed by atoms with Crippen molar-refractivity contribution in [2.45, 2.75) is 13.5 Å². The van der Waals surface area contributed by atoms with E-state index in [4.69, 9.17) is 0 Å². The van der Waals surface area contributed by atoms with Gasteiger partial charge < -0.3 is 5.32 Å². The normalized spacial score (nSPS) is 10.7. The lowest BCUT2D eigenvalue weighted by molar-refractivity contribution is -0.384. The molecular weight excluding hydrogens is 370 g/mol. The van der Waals surface area contributed by atoms with E-state index in [9.17, 15) is 10.1 Å². The first-order chi connectivity index (χ1) is 14.1. The zero-order chi connectivity index (χ0) is 20.2. The van der Waals surface area contributed by atoms with E-state index in [1.807, 2.05) is 35.9 Å². The fraction of sp³-hybridized carbons (Fsp3) is 0.100. The number of rotatable bonds is 6. The molecule has 0 bridgehead atoms. The molecule has 0 radical (unpaired) electrons. The Morgan fingerprint density at radius 3 is 2.79 bits per heavy atom. The fourth-order valence-electron chi connectivity index (χ4n) is 2.81. The monoisotopic (exact) mass is 387 g/mol. The Morgan fingerprint density at radius 2 is 2.07 bits per heavy atom. The molecule has 0 aliphatic carbocycles. The van der Waals surface area contributed by atoms with Crippen molar-refractivity contribution >= 4 is 11.5 Å². The van der Waals surface area contributed by atoms with Gasteiger partial charge in [0.25, 0.3) is 5.69 Å². The zero-order valence-electron chi connectivity index (χ0n) is 15.6. The highest BCUT2D eigenvalue weighted by Gasteiger charge is 2.10. The van der Waals surface area contributed by atoms with Gasteiger partial charge in [-0.05, 0) is 18.6 Å². The summed E-state index contributed by atoms with van der Waals surface area (Å²) in [6.45, 7) is 2.39. The average Bonchev–Trinajstić information content (AvgIpc) is 3.27. The number of nitrogens with one attached hydrogen (secondary N) is 1. The second kappa shape index (κ2) is 7.85. The highest BCUT2D eigenvalue weighted by Crippen LogP contribution is 2.22. The maximum atomic E-state index is 11.0. The molecule has 0 amide bonds. The molecule has 1 aromatic carbocycles. The van der Waals surface area contributed by atoms with Crippen molar-refractivity contribution in [3.8, 4) is 17.2 Å². The number of nitro groups is 1. The lowest BCUT2D eigenvalue weighted by Crippen LogP contribution is -2.05. The van der Waals surface area contributed by atoms with Crippen LogP contribution in [0.15, 0.2) is 67.4 Å². The van der Waals surface area contributed by atoms with Crippen LogP contribution in [-0.4, -0.2) is 29.4 Å². The predicted octanol–water partition coefficient (Wildman–Crippen LogP) is 3.55. The third-order valence-corrected chi connectivity index (χ3v) is 4.22. The van der Waals surface area contributed by atoms with Crippen molar-refractivity contribution in [1.82, 2.24) is 24.5 Å². The first-order valence-electron chi connectivity index (χ1n) is 8.86. The van der Waals surface area contributed by atoms with Crippen LogP contribution >= 0.6 is 0 Å². The summed E-state index contributed by atoms with van der Waals surface area (Å²) in [5.41, 5.74) is 2.35. The molecule has 9 nitrogen and oxygen atoms in total. The maximum Gasteiger partial charge on any atom is 0.270 e. The number of anilines is 1. The number of aromatic nitrogens is 5. The predicted molar refractivity (Wildman–Crippen MR) is 108 cm³/mol. The third kappa shape index (κ3) is 4.24. The summed E-state index contributed by atoms with van der Waals surface area (Å²) in [5.74, 6) is 1.86. The van der Waals surface area contributed by atoms with Crippen LogP contribution in [-0.2, 0) is 6.54 Å². The van der Waals surface area contributed by atoms with Crippen molar-refractivity contribution < 1.29 is 4.92 Å². The van der Waals surface area contributed by atoms with Crippen LogP contribution in [0.4, 0.5) is 11.5 Å². The van der Waals surface area contributed by atoms with Crippen molar-refractivity contribution in [2.24, 2.45) is 0 Å². The summed E-state index contributed by atoms with van der Waals surface area (Å²) < 4.78 is 1.83. The van der Waals surface area contributed by atoms with E-state index in [1.165, 1.54) is 12.1 Å². The SMILES string of the molecule is Cc1cc(NCc2ccc(-n3ccnc3)nc2)nc(-c2cccc([N+](=O)[O-])c2)n1. The summed E-state index contributed by atoms with van der Waals surface area (Å²) in [5, 5.41) is 14.3. The minimum Gasteiger partial charge on any atom is -0.366 e. The van der Waals surface area contributed by atoms with E-state index < -0.39 is 4.92 Å². The van der Waals surface area contributed by atoms with Gasteiger partial charge in [0, 0.05) is 54.6 Å². The second-order valence-corrected chi connectivity index (χ2v) is 6.37. The number of hydrogen-bond acceptors (Lipinski definition) is 7. The number of nitrogens with zero attached hydrogens (tertiary/aromatic N) is 6. The Morgan fingerprint density at radius 1 is 1.17 bits per heavy atom. The maximum absolute atomic E-state index is 11.0. The number of pyridine rings is 1. The number of aryl methyl sites for hydroxylation is 1. The quantitative estimate of drug-likeness (QED) is 0.398. The highest BCUT2D eigenvalue weighted by atomic mass is 16.6. The summed E-state index contributed by atoms with van der Waals surface area (Å²) in [4.78, 5) is 27.9. The molecule has 0 aliphatic rings. The van der Waals surface area contributed by atoms with E-state index in [1.54, 1.807) is 30.9 Å². The van der Waals surface area contributed by atoms with Crippen molar-refractivity contribution in [1.29, 1.82) is 0 Å². The van der Waals surface area contributed by atoms with Crippen LogP contribution in [0.1, 0.15) is 11.3 Å². The van der Waals surface area contributed by atoms with Gasteiger partial charge in [0.15, 0.2) is 5.82 Å². The molecule has 3 aromatic heterocycles. The van der Waals surface area contributed by atoms with Crippen molar-refractivity contribution in [2.75, 3.05) is 5.32 Å². The molecule has 4 aromatic rings.